The van der Waals surface area contributed by atoms with Gasteiger partial charge in [-0.1, -0.05) is 39.2 Å². The van der Waals surface area contributed by atoms with Gasteiger partial charge in [0.25, 0.3) is 5.91 Å². The minimum atomic E-state index is -3.78. The number of sulfonamides is 1. The summed E-state index contributed by atoms with van der Waals surface area (Å²) in [4.78, 5) is 25.2. The van der Waals surface area contributed by atoms with Crippen LogP contribution in [0, 0.1) is 12.3 Å². The first kappa shape index (κ1) is 28.9. The smallest absolute Gasteiger partial charge is 0.264 e. The van der Waals surface area contributed by atoms with E-state index in [0.29, 0.717) is 12.5 Å². The van der Waals surface area contributed by atoms with Crippen molar-refractivity contribution in [1.82, 2.24) is 9.29 Å². The maximum Gasteiger partial charge on any atom is 0.264 e. The highest BCUT2D eigenvalue weighted by Crippen LogP contribution is 2.46. The number of ether oxygens (including phenoxy) is 1. The molecule has 1 saturated carbocycles. The SMILES string of the molecule is COc1ccc(-c2c(C3CCCCC3)c3ccc(C(=O)NS(=O)(=O)C(C)C)cc3n2CC(C)(C)C=O)c(C)c1. The van der Waals surface area contributed by atoms with Gasteiger partial charge in [0.15, 0.2) is 0 Å². The maximum absolute atomic E-state index is 13.1. The molecular formula is C31H40N2O5S. The first-order chi connectivity index (χ1) is 18.4. The lowest BCUT2D eigenvalue weighted by Crippen LogP contribution is -2.35. The molecule has 0 atom stereocenters. The Bertz CT molecular complexity index is 1490. The molecule has 39 heavy (non-hydrogen) atoms. The van der Waals surface area contributed by atoms with Crippen molar-refractivity contribution in [3.8, 4) is 17.0 Å². The number of carbonyl (C=O) groups excluding carboxylic acids is 2. The van der Waals surface area contributed by atoms with Gasteiger partial charge in [0.2, 0.25) is 10.0 Å². The highest BCUT2D eigenvalue weighted by molar-refractivity contribution is 7.90. The fourth-order valence-corrected chi connectivity index (χ4v) is 6.17. The van der Waals surface area contributed by atoms with Gasteiger partial charge in [-0.25, -0.2) is 13.1 Å². The Morgan fingerprint density at radius 2 is 1.82 bits per heavy atom. The van der Waals surface area contributed by atoms with Gasteiger partial charge in [-0.15, -0.1) is 0 Å². The molecule has 4 rings (SSSR count). The predicted octanol–water partition coefficient (Wildman–Crippen LogP) is 6.37. The number of nitrogens with one attached hydrogen (secondary N) is 1. The molecule has 0 radical (unpaired) electrons. The van der Waals surface area contributed by atoms with E-state index in [0.717, 1.165) is 65.4 Å². The maximum atomic E-state index is 13.1. The third-order valence-corrected chi connectivity index (χ3v) is 9.52. The van der Waals surface area contributed by atoms with Crippen LogP contribution in [0.1, 0.15) is 87.2 Å². The van der Waals surface area contributed by atoms with Gasteiger partial charge in [0.1, 0.15) is 12.0 Å². The number of carbonyl (C=O) groups is 2. The summed E-state index contributed by atoms with van der Waals surface area (Å²) in [5.74, 6) is 0.463. The van der Waals surface area contributed by atoms with E-state index in [1.165, 1.54) is 25.8 Å². The lowest BCUT2D eigenvalue weighted by molar-refractivity contribution is -0.115. The minimum absolute atomic E-state index is 0.266. The fourth-order valence-electron chi connectivity index (χ4n) is 5.56. The monoisotopic (exact) mass is 552 g/mol. The Balaban J connectivity index is 2.02. The zero-order valence-electron chi connectivity index (χ0n) is 23.8. The fraction of sp³-hybridized carbons (Fsp3) is 0.484. The number of aryl methyl sites for hydroxylation is 1. The number of benzene rings is 2. The molecule has 1 amide bonds. The Morgan fingerprint density at radius 1 is 1.13 bits per heavy atom. The number of rotatable bonds is 9. The standard InChI is InChI=1S/C31H40N2O5S/c1-20(2)39(36,37)32-30(35)23-12-14-26-27(17-23)33(18-31(4,5)19-34)29(28(26)22-10-8-7-9-11-22)25-15-13-24(38-6)16-21(25)3/h12-17,19-20,22H,7-11,18H2,1-6H3,(H,32,35). The second-order valence-electron chi connectivity index (χ2n) is 11.7. The van der Waals surface area contributed by atoms with Crippen molar-refractivity contribution in [3.63, 3.8) is 0 Å². The van der Waals surface area contributed by atoms with Crippen LogP contribution in [0.5, 0.6) is 5.75 Å². The number of methoxy groups -OCH3 is 1. The summed E-state index contributed by atoms with van der Waals surface area (Å²) in [5.41, 5.74) is 4.83. The van der Waals surface area contributed by atoms with Gasteiger partial charge in [-0.3, -0.25) is 4.79 Å². The van der Waals surface area contributed by atoms with E-state index in [1.54, 1.807) is 19.2 Å². The molecule has 8 heteroatoms. The van der Waals surface area contributed by atoms with Gasteiger partial charge in [0.05, 0.1) is 18.1 Å². The topological polar surface area (TPSA) is 94.5 Å². The van der Waals surface area contributed by atoms with E-state index in [4.69, 9.17) is 4.74 Å². The van der Waals surface area contributed by atoms with Crippen molar-refractivity contribution in [2.45, 2.75) is 84.4 Å². The van der Waals surface area contributed by atoms with E-state index >= 15 is 0 Å². The summed E-state index contributed by atoms with van der Waals surface area (Å²) in [7, 11) is -2.13. The molecule has 7 nitrogen and oxygen atoms in total. The molecule has 1 aliphatic rings. The number of aromatic nitrogens is 1. The van der Waals surface area contributed by atoms with Gasteiger partial charge in [0, 0.05) is 34.0 Å². The van der Waals surface area contributed by atoms with Crippen LogP contribution in [0.25, 0.3) is 22.2 Å². The first-order valence-corrected chi connectivity index (χ1v) is 15.3. The summed E-state index contributed by atoms with van der Waals surface area (Å²) < 4.78 is 34.7. The largest absolute Gasteiger partial charge is 0.497 e. The highest BCUT2D eigenvalue weighted by atomic mass is 32.2. The Labute approximate surface area is 232 Å². The van der Waals surface area contributed by atoms with E-state index in [-0.39, 0.29) is 5.56 Å². The number of aldehydes is 1. The zero-order valence-corrected chi connectivity index (χ0v) is 24.7. The predicted molar refractivity (Wildman–Crippen MR) is 156 cm³/mol. The Morgan fingerprint density at radius 3 is 2.41 bits per heavy atom. The minimum Gasteiger partial charge on any atom is -0.497 e. The highest BCUT2D eigenvalue weighted by Gasteiger charge is 2.30. The van der Waals surface area contributed by atoms with Crippen LogP contribution < -0.4 is 9.46 Å². The number of hydrogen-bond acceptors (Lipinski definition) is 5. The first-order valence-electron chi connectivity index (χ1n) is 13.7. The summed E-state index contributed by atoms with van der Waals surface area (Å²) >= 11 is 0. The third-order valence-electron chi connectivity index (χ3n) is 7.81. The average molecular weight is 553 g/mol. The summed E-state index contributed by atoms with van der Waals surface area (Å²) in [6.07, 6.45) is 6.66. The molecule has 0 saturated heterocycles. The van der Waals surface area contributed by atoms with Crippen molar-refractivity contribution in [3.05, 3.63) is 53.1 Å². The van der Waals surface area contributed by atoms with Crippen molar-refractivity contribution in [2.75, 3.05) is 7.11 Å². The van der Waals surface area contributed by atoms with Crippen molar-refractivity contribution < 1.29 is 22.7 Å². The van der Waals surface area contributed by atoms with Crippen LogP contribution in [0.4, 0.5) is 0 Å². The zero-order chi connectivity index (χ0) is 28.5. The number of hydrogen-bond donors (Lipinski definition) is 1. The molecule has 3 aromatic rings. The van der Waals surface area contributed by atoms with Crippen LogP contribution in [0.2, 0.25) is 0 Å². The normalized spacial score (nSPS) is 15.1. The van der Waals surface area contributed by atoms with E-state index in [2.05, 4.69) is 22.3 Å². The van der Waals surface area contributed by atoms with Gasteiger partial charge in [-0.2, -0.15) is 0 Å². The van der Waals surface area contributed by atoms with Crippen LogP contribution in [0.15, 0.2) is 36.4 Å². The van der Waals surface area contributed by atoms with Gasteiger partial charge >= 0.3 is 0 Å². The number of amides is 1. The summed E-state index contributed by atoms with van der Waals surface area (Å²) in [6.45, 7) is 9.35. The van der Waals surface area contributed by atoms with Crippen LogP contribution >= 0.6 is 0 Å². The third kappa shape index (κ3) is 5.91. The summed E-state index contributed by atoms with van der Waals surface area (Å²) in [6, 6.07) is 11.5. The Hall–Kier alpha value is -3.13. The van der Waals surface area contributed by atoms with Crippen LogP contribution in [-0.2, 0) is 21.4 Å². The van der Waals surface area contributed by atoms with Crippen molar-refractivity contribution in [2.24, 2.45) is 5.41 Å². The molecule has 1 aliphatic carbocycles. The molecule has 1 N–H and O–H groups in total. The lowest BCUT2D eigenvalue weighted by Gasteiger charge is -2.26. The Kier molecular flexibility index (Phi) is 8.26. The number of nitrogens with zero attached hydrogens (tertiary/aromatic N) is 1. The van der Waals surface area contributed by atoms with E-state index < -0.39 is 26.6 Å². The molecule has 0 spiro atoms. The van der Waals surface area contributed by atoms with Crippen LogP contribution in [0.3, 0.4) is 0 Å². The molecule has 2 aromatic carbocycles. The second-order valence-corrected chi connectivity index (χ2v) is 14.0. The van der Waals surface area contributed by atoms with Crippen molar-refractivity contribution >= 4 is 33.1 Å². The molecule has 0 bridgehead atoms. The molecule has 1 aromatic heterocycles. The van der Waals surface area contributed by atoms with Crippen molar-refractivity contribution in [1.29, 1.82) is 0 Å². The molecule has 1 heterocycles. The number of fused-ring (bicyclic) bond motifs is 1. The molecule has 210 valence electrons. The van der Waals surface area contributed by atoms with Gasteiger partial charge in [-0.05, 0) is 81.0 Å². The second kappa shape index (κ2) is 11.2. The quantitative estimate of drug-likeness (QED) is 0.312. The molecular weight excluding hydrogens is 512 g/mol. The average Bonchev–Trinajstić information content (AvgIpc) is 3.21. The van der Waals surface area contributed by atoms with Gasteiger partial charge < -0.3 is 14.1 Å². The van der Waals surface area contributed by atoms with E-state index in [9.17, 15) is 18.0 Å². The summed E-state index contributed by atoms with van der Waals surface area (Å²) in [5, 5.41) is 0.307. The molecule has 0 aliphatic heterocycles. The molecule has 1 fully saturated rings. The lowest BCUT2D eigenvalue weighted by atomic mass is 9.81. The van der Waals surface area contributed by atoms with E-state index in [1.807, 2.05) is 32.0 Å². The van der Waals surface area contributed by atoms with Crippen LogP contribution in [-0.4, -0.2) is 37.5 Å². The molecule has 0 unspecified atom stereocenters.